The lowest BCUT2D eigenvalue weighted by molar-refractivity contribution is -0.121. The molecule has 0 spiro atoms. The predicted octanol–water partition coefficient (Wildman–Crippen LogP) is 1.43. The monoisotopic (exact) mass is 361 g/mol. The van der Waals surface area contributed by atoms with E-state index in [9.17, 15) is 9.59 Å². The molecule has 1 saturated heterocycles. The molecule has 8 heteroatoms. The first-order chi connectivity index (χ1) is 12.2. The number of thiophene rings is 1. The van der Waals surface area contributed by atoms with Gasteiger partial charge in [0.25, 0.3) is 5.56 Å². The molecular formula is C17H23N5O2S. The summed E-state index contributed by atoms with van der Waals surface area (Å²) in [6.45, 7) is 3.79. The lowest BCUT2D eigenvalue weighted by Gasteiger charge is -2.26. The molecule has 2 aromatic rings. The van der Waals surface area contributed by atoms with Crippen LogP contribution < -0.4 is 10.9 Å². The summed E-state index contributed by atoms with van der Waals surface area (Å²) in [6, 6.07) is 3.77. The minimum Gasteiger partial charge on any atom is -0.355 e. The molecule has 1 aliphatic heterocycles. The Labute approximate surface area is 150 Å². The Morgan fingerprint density at radius 2 is 2.12 bits per heavy atom. The molecule has 0 aromatic carbocycles. The maximum Gasteiger partial charge on any atom is 0.273 e. The summed E-state index contributed by atoms with van der Waals surface area (Å²) in [6.07, 6.45) is 4.34. The number of rotatable bonds is 7. The predicted molar refractivity (Wildman–Crippen MR) is 97.6 cm³/mol. The zero-order chi connectivity index (χ0) is 17.5. The summed E-state index contributed by atoms with van der Waals surface area (Å²) >= 11 is 1.49. The van der Waals surface area contributed by atoms with Crippen molar-refractivity contribution in [1.82, 2.24) is 25.4 Å². The molecule has 3 heterocycles. The third-order valence-corrected chi connectivity index (χ3v) is 5.18. The molecule has 1 aliphatic rings. The van der Waals surface area contributed by atoms with Crippen molar-refractivity contribution in [3.63, 3.8) is 0 Å². The highest BCUT2D eigenvalue weighted by molar-refractivity contribution is 7.13. The normalized spacial score (nSPS) is 15.2. The highest BCUT2D eigenvalue weighted by Crippen LogP contribution is 2.18. The largest absolute Gasteiger partial charge is 0.355 e. The summed E-state index contributed by atoms with van der Waals surface area (Å²) in [5, 5.41) is 12.9. The molecule has 1 fully saturated rings. The van der Waals surface area contributed by atoms with Crippen LogP contribution in [0.15, 0.2) is 22.3 Å². The Bertz CT molecular complexity index is 738. The van der Waals surface area contributed by atoms with Gasteiger partial charge in [-0.2, -0.15) is 0 Å². The van der Waals surface area contributed by atoms with Crippen molar-refractivity contribution in [2.45, 2.75) is 32.1 Å². The van der Waals surface area contributed by atoms with Crippen LogP contribution in [0, 0.1) is 0 Å². The second-order valence-electron chi connectivity index (χ2n) is 6.18. The minimum absolute atomic E-state index is 0.0551. The van der Waals surface area contributed by atoms with Crippen LogP contribution in [0.3, 0.4) is 0 Å². The van der Waals surface area contributed by atoms with Crippen molar-refractivity contribution in [3.05, 3.63) is 33.6 Å². The Kier molecular flexibility index (Phi) is 6.30. The second-order valence-corrected chi connectivity index (χ2v) is 7.13. The molecule has 0 radical (unpaired) electrons. The number of hydrogen-bond donors (Lipinski definition) is 2. The number of piperidine rings is 1. The number of hydrogen-bond acceptors (Lipinski definition) is 6. The topological polar surface area (TPSA) is 91.0 Å². The van der Waals surface area contributed by atoms with E-state index < -0.39 is 0 Å². The van der Waals surface area contributed by atoms with E-state index in [0.717, 1.165) is 24.5 Å². The van der Waals surface area contributed by atoms with E-state index in [1.807, 2.05) is 17.5 Å². The molecule has 25 heavy (non-hydrogen) atoms. The van der Waals surface area contributed by atoms with Gasteiger partial charge >= 0.3 is 0 Å². The van der Waals surface area contributed by atoms with Gasteiger partial charge in [0.1, 0.15) is 5.69 Å². The van der Waals surface area contributed by atoms with Crippen LogP contribution in [-0.2, 0) is 11.2 Å². The van der Waals surface area contributed by atoms with Gasteiger partial charge in [0.05, 0.1) is 4.88 Å². The molecule has 0 aliphatic carbocycles. The summed E-state index contributed by atoms with van der Waals surface area (Å²) in [4.78, 5) is 30.0. The van der Waals surface area contributed by atoms with E-state index in [2.05, 4.69) is 25.4 Å². The molecule has 0 unspecified atom stereocenters. The number of nitrogens with zero attached hydrogens (tertiary/aromatic N) is 3. The highest BCUT2D eigenvalue weighted by Gasteiger charge is 2.12. The van der Waals surface area contributed by atoms with Crippen LogP contribution >= 0.6 is 11.3 Å². The van der Waals surface area contributed by atoms with E-state index in [-0.39, 0.29) is 17.9 Å². The number of aryl methyl sites for hydroxylation is 1. The molecular weight excluding hydrogens is 338 g/mol. The smallest absolute Gasteiger partial charge is 0.273 e. The van der Waals surface area contributed by atoms with E-state index in [1.54, 1.807) is 0 Å². The number of nitrogens with one attached hydrogen (secondary N) is 2. The van der Waals surface area contributed by atoms with E-state index >= 15 is 0 Å². The number of likely N-dealkylation sites (tertiary alicyclic amines) is 1. The third kappa shape index (κ3) is 5.20. The standard InChI is InChI=1S/C17H23N5O2S/c23-15(18-8-11-22-9-2-1-3-10-22)7-6-13-17(24)19-16(21-20-13)14-5-4-12-25-14/h4-5,12H,1-3,6-11H2,(H,18,23)(H,19,21,24). The summed E-state index contributed by atoms with van der Waals surface area (Å²) in [7, 11) is 0. The maximum atomic E-state index is 12.1. The summed E-state index contributed by atoms with van der Waals surface area (Å²) < 4.78 is 0. The van der Waals surface area contributed by atoms with Crippen LogP contribution in [0.5, 0.6) is 0 Å². The number of aromatic amines is 1. The van der Waals surface area contributed by atoms with Gasteiger partial charge in [0.15, 0.2) is 5.82 Å². The molecule has 0 atom stereocenters. The molecule has 2 N–H and O–H groups in total. The SMILES string of the molecule is O=C(CCc1nnc(-c2cccs2)[nH]c1=O)NCCN1CCCCC1. The molecule has 3 rings (SSSR count). The highest BCUT2D eigenvalue weighted by atomic mass is 32.1. The van der Waals surface area contributed by atoms with Gasteiger partial charge in [-0.05, 0) is 37.4 Å². The Morgan fingerprint density at radius 1 is 1.28 bits per heavy atom. The molecule has 134 valence electrons. The van der Waals surface area contributed by atoms with E-state index in [0.29, 0.717) is 24.5 Å². The van der Waals surface area contributed by atoms with Crippen molar-refractivity contribution >= 4 is 17.2 Å². The first kappa shape index (κ1) is 17.8. The Hall–Kier alpha value is -2.06. The van der Waals surface area contributed by atoms with E-state index in [4.69, 9.17) is 0 Å². The van der Waals surface area contributed by atoms with Gasteiger partial charge in [0.2, 0.25) is 5.91 Å². The van der Waals surface area contributed by atoms with Crippen molar-refractivity contribution < 1.29 is 4.79 Å². The zero-order valence-electron chi connectivity index (χ0n) is 14.2. The van der Waals surface area contributed by atoms with Crippen LogP contribution in [-0.4, -0.2) is 52.2 Å². The number of carbonyl (C=O) groups excluding carboxylic acids is 1. The Morgan fingerprint density at radius 3 is 2.84 bits per heavy atom. The maximum absolute atomic E-state index is 12.1. The van der Waals surface area contributed by atoms with Crippen LogP contribution in [0.2, 0.25) is 0 Å². The number of H-pyrrole nitrogens is 1. The lowest BCUT2D eigenvalue weighted by atomic mass is 10.1. The third-order valence-electron chi connectivity index (χ3n) is 4.31. The first-order valence-electron chi connectivity index (χ1n) is 8.71. The van der Waals surface area contributed by atoms with Crippen molar-refractivity contribution in [3.8, 4) is 10.7 Å². The average molecular weight is 361 g/mol. The summed E-state index contributed by atoms with van der Waals surface area (Å²) in [5.74, 6) is 0.412. The second kappa shape index (κ2) is 8.87. The van der Waals surface area contributed by atoms with E-state index in [1.165, 1.54) is 30.6 Å². The molecule has 1 amide bonds. The lowest BCUT2D eigenvalue weighted by Crippen LogP contribution is -2.37. The Balaban J connectivity index is 1.43. The van der Waals surface area contributed by atoms with Crippen molar-refractivity contribution in [1.29, 1.82) is 0 Å². The van der Waals surface area contributed by atoms with Crippen LogP contribution in [0.4, 0.5) is 0 Å². The fourth-order valence-corrected chi connectivity index (χ4v) is 3.57. The van der Waals surface area contributed by atoms with Crippen LogP contribution in [0.25, 0.3) is 10.7 Å². The fourth-order valence-electron chi connectivity index (χ4n) is 2.90. The van der Waals surface area contributed by atoms with Crippen molar-refractivity contribution in [2.75, 3.05) is 26.2 Å². The van der Waals surface area contributed by atoms with Gasteiger partial charge in [0, 0.05) is 25.9 Å². The van der Waals surface area contributed by atoms with Gasteiger partial charge in [-0.1, -0.05) is 12.5 Å². The van der Waals surface area contributed by atoms with Crippen molar-refractivity contribution in [2.24, 2.45) is 0 Å². The average Bonchev–Trinajstić information content (AvgIpc) is 3.16. The zero-order valence-corrected chi connectivity index (χ0v) is 15.0. The number of aromatic nitrogens is 3. The molecule has 0 bridgehead atoms. The fraction of sp³-hybridized carbons (Fsp3) is 0.529. The summed E-state index contributed by atoms with van der Waals surface area (Å²) in [5.41, 5.74) is 0.0194. The molecule has 2 aromatic heterocycles. The quantitative estimate of drug-likeness (QED) is 0.778. The molecule has 0 saturated carbocycles. The minimum atomic E-state index is -0.278. The molecule has 7 nitrogen and oxygen atoms in total. The van der Waals surface area contributed by atoms with Gasteiger partial charge in [-0.3, -0.25) is 9.59 Å². The van der Waals surface area contributed by atoms with Gasteiger partial charge < -0.3 is 15.2 Å². The van der Waals surface area contributed by atoms with Gasteiger partial charge in [-0.15, -0.1) is 21.5 Å². The van der Waals surface area contributed by atoms with Crippen LogP contribution in [0.1, 0.15) is 31.4 Å². The first-order valence-corrected chi connectivity index (χ1v) is 9.59. The van der Waals surface area contributed by atoms with Gasteiger partial charge in [-0.25, -0.2) is 0 Å². The number of amides is 1. The number of carbonyl (C=O) groups is 1.